The molecule has 4 aliphatic carbocycles. The van der Waals surface area contributed by atoms with Crippen LogP contribution >= 0.6 is 0 Å². The lowest BCUT2D eigenvalue weighted by molar-refractivity contribution is 0.0709. The van der Waals surface area contributed by atoms with Gasteiger partial charge in [0.15, 0.2) is 0 Å². The smallest absolute Gasteiger partial charge is 0.274 e. The van der Waals surface area contributed by atoms with E-state index in [-0.39, 0.29) is 17.9 Å². The predicted octanol–water partition coefficient (Wildman–Crippen LogP) is 2.84. The molecule has 5 atom stereocenters. The minimum atomic E-state index is -0.0801. The predicted molar refractivity (Wildman–Crippen MR) is 124 cm³/mol. The summed E-state index contributed by atoms with van der Waals surface area (Å²) in [7, 11) is 0. The quantitative estimate of drug-likeness (QED) is 0.754. The summed E-state index contributed by atoms with van der Waals surface area (Å²) in [5, 5.41) is 3.29. The summed E-state index contributed by atoms with van der Waals surface area (Å²) < 4.78 is 1.77. The number of nitrogens with zero attached hydrogens (tertiary/aromatic N) is 3. The second kappa shape index (κ2) is 6.81. The molecule has 0 radical (unpaired) electrons. The Hall–Kier alpha value is -2.41. The summed E-state index contributed by atoms with van der Waals surface area (Å²) in [6, 6.07) is 5.70. The molecule has 174 valence electrons. The number of likely N-dealkylation sites (tertiary alicyclic amines) is 1. The van der Waals surface area contributed by atoms with Gasteiger partial charge in [-0.1, -0.05) is 6.07 Å². The summed E-state index contributed by atoms with van der Waals surface area (Å²) in [5.74, 6) is 2.58. The van der Waals surface area contributed by atoms with Crippen molar-refractivity contribution in [2.75, 3.05) is 19.6 Å². The Balaban J connectivity index is 1.08. The van der Waals surface area contributed by atoms with Gasteiger partial charge in [0.2, 0.25) is 0 Å². The number of fused-ring (bicyclic) bond motifs is 2. The topological polar surface area (TPSA) is 92.7 Å². The van der Waals surface area contributed by atoms with E-state index in [1.807, 2.05) is 23.1 Å². The lowest BCUT2D eigenvalue weighted by Crippen LogP contribution is -2.42. The van der Waals surface area contributed by atoms with Gasteiger partial charge in [-0.3, -0.25) is 14.0 Å². The first-order valence-corrected chi connectivity index (χ1v) is 12.8. The van der Waals surface area contributed by atoms with E-state index >= 15 is 0 Å². The van der Waals surface area contributed by atoms with E-state index in [1.54, 1.807) is 10.6 Å². The van der Waals surface area contributed by atoms with Crippen LogP contribution in [-0.2, 0) is 0 Å². The van der Waals surface area contributed by atoms with E-state index in [9.17, 15) is 9.59 Å². The van der Waals surface area contributed by atoms with Crippen molar-refractivity contribution in [1.82, 2.24) is 19.6 Å². The number of nitrogens with one attached hydrogen (secondary N) is 1. The maximum atomic E-state index is 13.3. The monoisotopic (exact) mass is 447 g/mol. The Bertz CT molecular complexity index is 1150. The number of rotatable bonds is 4. The van der Waals surface area contributed by atoms with Crippen molar-refractivity contribution in [1.29, 1.82) is 0 Å². The zero-order chi connectivity index (χ0) is 22.4. The Kier molecular flexibility index (Phi) is 4.13. The fourth-order valence-corrected chi connectivity index (χ4v) is 8.29. The number of carbonyl (C=O) groups excluding carboxylic acids is 2. The van der Waals surface area contributed by atoms with Gasteiger partial charge in [-0.15, -0.1) is 0 Å². The number of hydrogen-bond donors (Lipinski definition) is 2. The van der Waals surface area contributed by atoms with Gasteiger partial charge in [0.25, 0.3) is 11.8 Å². The van der Waals surface area contributed by atoms with E-state index < -0.39 is 0 Å². The van der Waals surface area contributed by atoms with Gasteiger partial charge in [0.1, 0.15) is 17.0 Å². The molecule has 1 spiro atoms. The Labute approximate surface area is 194 Å². The number of aromatic nitrogens is 2. The number of carbonyl (C=O) groups is 2. The molecule has 7 rings (SSSR count). The van der Waals surface area contributed by atoms with Crippen molar-refractivity contribution in [2.45, 2.75) is 57.4 Å². The Morgan fingerprint density at radius 1 is 1.12 bits per heavy atom. The third kappa shape index (κ3) is 2.94. The van der Waals surface area contributed by atoms with Crippen molar-refractivity contribution < 1.29 is 9.59 Å². The summed E-state index contributed by atoms with van der Waals surface area (Å²) in [5.41, 5.74) is 8.56. The van der Waals surface area contributed by atoms with Crippen LogP contribution in [0.1, 0.15) is 72.3 Å². The highest BCUT2D eigenvalue weighted by molar-refractivity contribution is 5.95. The van der Waals surface area contributed by atoms with Crippen molar-refractivity contribution in [3.8, 4) is 0 Å². The van der Waals surface area contributed by atoms with Crippen LogP contribution in [0.3, 0.4) is 0 Å². The molecule has 5 fully saturated rings. The molecule has 2 aromatic heterocycles. The number of pyridine rings is 1. The van der Waals surface area contributed by atoms with Crippen LogP contribution in [0.5, 0.6) is 0 Å². The van der Waals surface area contributed by atoms with E-state index in [0.29, 0.717) is 41.0 Å². The fourth-order valence-electron chi connectivity index (χ4n) is 8.29. The molecule has 2 aromatic rings. The summed E-state index contributed by atoms with van der Waals surface area (Å²) in [4.78, 5) is 32.6. The molecule has 5 unspecified atom stereocenters. The molecule has 3 heterocycles. The zero-order valence-electron chi connectivity index (χ0n) is 19.1. The van der Waals surface area contributed by atoms with Crippen LogP contribution < -0.4 is 11.1 Å². The molecule has 3 N–H and O–H groups in total. The fraction of sp³-hybridized carbons (Fsp3) is 0.654. The molecule has 1 aliphatic heterocycles. The number of piperidine rings is 1. The summed E-state index contributed by atoms with van der Waals surface area (Å²) >= 11 is 0. The van der Waals surface area contributed by atoms with E-state index in [1.165, 1.54) is 38.5 Å². The van der Waals surface area contributed by atoms with Crippen molar-refractivity contribution >= 4 is 17.5 Å². The van der Waals surface area contributed by atoms with Crippen LogP contribution in [0.15, 0.2) is 24.4 Å². The number of hydrogen-bond acceptors (Lipinski definition) is 4. The lowest BCUT2D eigenvalue weighted by Gasteiger charge is -2.36. The maximum absolute atomic E-state index is 13.3. The number of nitrogens with two attached hydrogens (primary N) is 1. The van der Waals surface area contributed by atoms with Gasteiger partial charge in [0, 0.05) is 31.9 Å². The largest absolute Gasteiger partial charge is 0.350 e. The average molecular weight is 448 g/mol. The van der Waals surface area contributed by atoms with Gasteiger partial charge in [-0.25, -0.2) is 4.98 Å². The van der Waals surface area contributed by atoms with Crippen LogP contribution in [-0.4, -0.2) is 51.8 Å². The lowest BCUT2D eigenvalue weighted by atomic mass is 9.71. The van der Waals surface area contributed by atoms with Crippen molar-refractivity contribution in [3.05, 3.63) is 35.8 Å². The van der Waals surface area contributed by atoms with Crippen LogP contribution in [0.2, 0.25) is 0 Å². The van der Waals surface area contributed by atoms with Crippen LogP contribution in [0.25, 0.3) is 5.65 Å². The number of amides is 2. The Morgan fingerprint density at radius 3 is 2.82 bits per heavy atom. The van der Waals surface area contributed by atoms with E-state index in [0.717, 1.165) is 37.1 Å². The van der Waals surface area contributed by atoms with Gasteiger partial charge < -0.3 is 16.0 Å². The van der Waals surface area contributed by atoms with Crippen molar-refractivity contribution in [2.24, 2.45) is 34.3 Å². The molecule has 2 amide bonds. The normalized spacial score (nSPS) is 36.8. The van der Waals surface area contributed by atoms with E-state index in [2.05, 4.69) is 10.3 Å². The van der Waals surface area contributed by atoms with Gasteiger partial charge in [0.05, 0.1) is 0 Å². The summed E-state index contributed by atoms with van der Waals surface area (Å²) in [6.07, 6.45) is 11.6. The SMILES string of the molecule is NC1CCN(C(=O)c2cn3c(C(=O)NCC45CC6CCC7(CC7C4)C6C5)cccc3n2)CC1. The molecule has 7 nitrogen and oxygen atoms in total. The second-order valence-electron chi connectivity index (χ2n) is 11.7. The second-order valence-corrected chi connectivity index (χ2v) is 11.7. The standard InChI is InChI=1S/C26H33N5O2/c27-18-5-8-30(9-6-18)24(33)20-14-31-21(2-1-3-22(31)29-20)23(32)28-15-25-10-16-4-7-26(19(16)13-25)12-17(26)11-25/h1-3,14,16-19H,4-13,15,27H2,(H,28,32). The molecule has 4 saturated carbocycles. The average Bonchev–Trinajstić information content (AvgIpc) is 3.10. The van der Waals surface area contributed by atoms with Crippen LogP contribution in [0.4, 0.5) is 0 Å². The number of imidazole rings is 1. The molecule has 2 bridgehead atoms. The third-order valence-electron chi connectivity index (χ3n) is 9.99. The van der Waals surface area contributed by atoms with E-state index in [4.69, 9.17) is 5.73 Å². The first-order valence-electron chi connectivity index (χ1n) is 12.8. The molecule has 1 saturated heterocycles. The highest BCUT2D eigenvalue weighted by Gasteiger charge is 2.72. The highest BCUT2D eigenvalue weighted by atomic mass is 16.2. The first-order chi connectivity index (χ1) is 16.0. The third-order valence-corrected chi connectivity index (χ3v) is 9.99. The van der Waals surface area contributed by atoms with Crippen molar-refractivity contribution in [3.63, 3.8) is 0 Å². The zero-order valence-corrected chi connectivity index (χ0v) is 19.1. The maximum Gasteiger partial charge on any atom is 0.274 e. The van der Waals surface area contributed by atoms with Gasteiger partial charge in [-0.05, 0) is 92.1 Å². The molecular weight excluding hydrogens is 414 g/mol. The molecule has 5 aliphatic rings. The molecule has 33 heavy (non-hydrogen) atoms. The Morgan fingerprint density at radius 2 is 1.97 bits per heavy atom. The molecule has 7 heteroatoms. The van der Waals surface area contributed by atoms with Gasteiger partial charge >= 0.3 is 0 Å². The minimum Gasteiger partial charge on any atom is -0.350 e. The molecule has 0 aromatic carbocycles. The minimum absolute atomic E-state index is 0.0694. The molecular formula is C26H33N5O2. The van der Waals surface area contributed by atoms with Crippen LogP contribution in [0, 0.1) is 28.6 Å². The van der Waals surface area contributed by atoms with Gasteiger partial charge in [-0.2, -0.15) is 0 Å². The first kappa shape index (κ1) is 20.0. The highest BCUT2D eigenvalue weighted by Crippen LogP contribution is 2.79. The summed E-state index contributed by atoms with van der Waals surface area (Å²) in [6.45, 7) is 2.09.